The van der Waals surface area contributed by atoms with E-state index in [-0.39, 0.29) is 11.7 Å². The predicted octanol–water partition coefficient (Wildman–Crippen LogP) is 3.26. The van der Waals surface area contributed by atoms with Gasteiger partial charge in [-0.15, -0.1) is 0 Å². The molecule has 0 amide bonds. The van der Waals surface area contributed by atoms with Crippen LogP contribution in [-0.2, 0) is 4.79 Å². The molecule has 1 atom stereocenters. The van der Waals surface area contributed by atoms with Crippen LogP contribution in [0.15, 0.2) is 24.3 Å². The molecule has 1 aliphatic carbocycles. The molecule has 0 radical (unpaired) electrons. The summed E-state index contributed by atoms with van der Waals surface area (Å²) in [5, 5.41) is 9.23. The Labute approximate surface area is 96.3 Å². The Morgan fingerprint density at radius 1 is 1.12 bits per heavy atom. The molecular weight excluding hydrogens is 200 g/mol. The summed E-state index contributed by atoms with van der Waals surface area (Å²) >= 11 is 0. The highest BCUT2D eigenvalue weighted by Crippen LogP contribution is 2.35. The Morgan fingerprint density at radius 3 is 2.31 bits per heavy atom. The molecule has 1 fully saturated rings. The summed E-state index contributed by atoms with van der Waals surface area (Å²) in [6.07, 6.45) is 7.18. The molecule has 86 valence electrons. The van der Waals surface area contributed by atoms with Gasteiger partial charge in [-0.2, -0.15) is 0 Å². The molecule has 2 nitrogen and oxygen atoms in total. The lowest BCUT2D eigenvalue weighted by Gasteiger charge is -2.26. The van der Waals surface area contributed by atoms with E-state index in [1.807, 2.05) is 12.1 Å². The van der Waals surface area contributed by atoms with Gasteiger partial charge in [-0.25, -0.2) is 0 Å². The van der Waals surface area contributed by atoms with Gasteiger partial charge >= 0.3 is 0 Å². The lowest BCUT2D eigenvalue weighted by molar-refractivity contribution is -0.110. The zero-order valence-electron chi connectivity index (χ0n) is 9.43. The average molecular weight is 218 g/mol. The number of aromatic hydroxyl groups is 1. The molecular formula is C14H18O2. The summed E-state index contributed by atoms with van der Waals surface area (Å²) in [6, 6.07) is 7.05. The van der Waals surface area contributed by atoms with Crippen LogP contribution in [0.5, 0.6) is 5.75 Å². The molecule has 1 unspecified atom stereocenters. The van der Waals surface area contributed by atoms with Crippen molar-refractivity contribution in [3.8, 4) is 5.75 Å². The van der Waals surface area contributed by atoms with Crippen molar-refractivity contribution < 1.29 is 9.90 Å². The lowest BCUT2D eigenvalue weighted by Crippen LogP contribution is -2.17. The van der Waals surface area contributed by atoms with Gasteiger partial charge < -0.3 is 9.90 Å². The van der Waals surface area contributed by atoms with E-state index in [9.17, 15) is 9.90 Å². The van der Waals surface area contributed by atoms with Crippen LogP contribution < -0.4 is 0 Å². The van der Waals surface area contributed by atoms with E-state index < -0.39 is 0 Å². The fraction of sp³-hybridized carbons (Fsp3) is 0.500. The number of phenols is 1. The molecule has 0 spiro atoms. The van der Waals surface area contributed by atoms with Crippen molar-refractivity contribution in [3.05, 3.63) is 29.8 Å². The third kappa shape index (κ3) is 2.43. The summed E-state index contributed by atoms with van der Waals surface area (Å²) in [4.78, 5) is 11.2. The predicted molar refractivity (Wildman–Crippen MR) is 63.5 cm³/mol. The zero-order chi connectivity index (χ0) is 11.4. The highest BCUT2D eigenvalue weighted by Gasteiger charge is 2.24. The summed E-state index contributed by atoms with van der Waals surface area (Å²) in [5.74, 6) is 0.772. The Balaban J connectivity index is 2.14. The van der Waals surface area contributed by atoms with Crippen molar-refractivity contribution in [2.75, 3.05) is 0 Å². The van der Waals surface area contributed by atoms with Crippen LogP contribution in [0.2, 0.25) is 0 Å². The van der Waals surface area contributed by atoms with Gasteiger partial charge in [-0.1, -0.05) is 31.4 Å². The number of hydrogen-bond acceptors (Lipinski definition) is 2. The Morgan fingerprint density at radius 2 is 1.75 bits per heavy atom. The van der Waals surface area contributed by atoms with Gasteiger partial charge in [0.1, 0.15) is 12.0 Å². The van der Waals surface area contributed by atoms with Gasteiger partial charge in [0.2, 0.25) is 0 Å². The van der Waals surface area contributed by atoms with E-state index in [0.717, 1.165) is 24.7 Å². The normalized spacial score (nSPS) is 19.2. The lowest BCUT2D eigenvalue weighted by atomic mass is 9.77. The van der Waals surface area contributed by atoms with Crippen LogP contribution in [0.4, 0.5) is 0 Å². The number of rotatable bonds is 3. The van der Waals surface area contributed by atoms with E-state index in [4.69, 9.17) is 0 Å². The molecule has 0 heterocycles. The monoisotopic (exact) mass is 218 g/mol. The summed E-state index contributed by atoms with van der Waals surface area (Å²) < 4.78 is 0. The first-order valence-electron chi connectivity index (χ1n) is 6.05. The quantitative estimate of drug-likeness (QED) is 0.791. The maximum Gasteiger partial charge on any atom is 0.127 e. The minimum absolute atomic E-state index is 0.0147. The first kappa shape index (κ1) is 11.2. The largest absolute Gasteiger partial charge is 0.508 e. The molecule has 2 rings (SSSR count). The van der Waals surface area contributed by atoms with Crippen LogP contribution in [0.25, 0.3) is 0 Å². The number of hydrogen-bond donors (Lipinski definition) is 1. The van der Waals surface area contributed by atoms with Crippen molar-refractivity contribution in [1.82, 2.24) is 0 Å². The highest BCUT2D eigenvalue weighted by atomic mass is 16.3. The van der Waals surface area contributed by atoms with Crippen LogP contribution in [0, 0.1) is 5.92 Å². The van der Waals surface area contributed by atoms with Crippen molar-refractivity contribution in [1.29, 1.82) is 0 Å². The van der Waals surface area contributed by atoms with Crippen molar-refractivity contribution in [2.45, 2.75) is 38.0 Å². The SMILES string of the molecule is O=CC(c1ccc(O)cc1)C1CCCCC1. The second kappa shape index (κ2) is 5.15. The molecule has 0 bridgehead atoms. The van der Waals surface area contributed by atoms with Crippen LogP contribution in [0.1, 0.15) is 43.6 Å². The van der Waals surface area contributed by atoms with E-state index in [0.29, 0.717) is 5.92 Å². The summed E-state index contributed by atoms with van der Waals surface area (Å²) in [7, 11) is 0. The zero-order valence-corrected chi connectivity index (χ0v) is 9.43. The van der Waals surface area contributed by atoms with E-state index >= 15 is 0 Å². The van der Waals surface area contributed by atoms with Crippen LogP contribution in [-0.4, -0.2) is 11.4 Å². The van der Waals surface area contributed by atoms with E-state index in [1.54, 1.807) is 12.1 Å². The number of carbonyl (C=O) groups is 1. The fourth-order valence-electron chi connectivity index (χ4n) is 2.65. The van der Waals surface area contributed by atoms with E-state index in [2.05, 4.69) is 0 Å². The Bertz CT molecular complexity index is 336. The van der Waals surface area contributed by atoms with Gasteiger partial charge in [-0.05, 0) is 36.5 Å². The standard InChI is InChI=1S/C14H18O2/c15-10-14(11-4-2-1-3-5-11)12-6-8-13(16)9-7-12/h6-11,14,16H,1-5H2. The van der Waals surface area contributed by atoms with Gasteiger partial charge in [0.15, 0.2) is 0 Å². The maximum absolute atomic E-state index is 11.2. The molecule has 0 aromatic heterocycles. The molecule has 0 aliphatic heterocycles. The van der Waals surface area contributed by atoms with E-state index in [1.165, 1.54) is 19.3 Å². The molecule has 0 saturated heterocycles. The first-order valence-corrected chi connectivity index (χ1v) is 6.05. The minimum Gasteiger partial charge on any atom is -0.508 e. The van der Waals surface area contributed by atoms with Gasteiger partial charge in [0.05, 0.1) is 0 Å². The number of aldehydes is 1. The van der Waals surface area contributed by atoms with Gasteiger partial charge in [-0.3, -0.25) is 0 Å². The maximum atomic E-state index is 11.2. The molecule has 2 heteroatoms. The topological polar surface area (TPSA) is 37.3 Å². The highest BCUT2D eigenvalue weighted by molar-refractivity contribution is 5.63. The molecule has 16 heavy (non-hydrogen) atoms. The first-order chi connectivity index (χ1) is 7.81. The number of benzene rings is 1. The van der Waals surface area contributed by atoms with Crippen LogP contribution >= 0.6 is 0 Å². The second-order valence-corrected chi connectivity index (χ2v) is 4.65. The summed E-state index contributed by atoms with van der Waals surface area (Å²) in [5.41, 5.74) is 1.04. The molecule has 1 N–H and O–H groups in total. The molecule has 1 aromatic rings. The third-order valence-electron chi connectivity index (χ3n) is 3.58. The van der Waals surface area contributed by atoms with Gasteiger partial charge in [0.25, 0.3) is 0 Å². The fourth-order valence-corrected chi connectivity index (χ4v) is 2.65. The van der Waals surface area contributed by atoms with Crippen molar-refractivity contribution in [3.63, 3.8) is 0 Å². The second-order valence-electron chi connectivity index (χ2n) is 4.65. The Kier molecular flexibility index (Phi) is 3.60. The number of carbonyl (C=O) groups excluding carboxylic acids is 1. The molecule has 1 saturated carbocycles. The van der Waals surface area contributed by atoms with Gasteiger partial charge in [0, 0.05) is 5.92 Å². The Hall–Kier alpha value is -1.31. The van der Waals surface area contributed by atoms with Crippen molar-refractivity contribution in [2.24, 2.45) is 5.92 Å². The smallest absolute Gasteiger partial charge is 0.127 e. The average Bonchev–Trinajstić information content (AvgIpc) is 2.34. The summed E-state index contributed by atoms with van der Waals surface area (Å²) in [6.45, 7) is 0. The molecule has 1 aromatic carbocycles. The van der Waals surface area contributed by atoms with Crippen LogP contribution in [0.3, 0.4) is 0 Å². The van der Waals surface area contributed by atoms with Crippen molar-refractivity contribution >= 4 is 6.29 Å². The third-order valence-corrected chi connectivity index (χ3v) is 3.58. The minimum atomic E-state index is 0.0147. The number of phenolic OH excluding ortho intramolecular Hbond substituents is 1. The molecule has 1 aliphatic rings.